The number of carbonyl (C=O) groups excluding carboxylic acids is 1. The Morgan fingerprint density at radius 1 is 1.65 bits per heavy atom. The molecule has 1 atom stereocenters. The van der Waals surface area contributed by atoms with Gasteiger partial charge in [0, 0.05) is 5.56 Å². The Bertz CT molecular complexity index is 488. The summed E-state index contributed by atoms with van der Waals surface area (Å²) in [5.41, 5.74) is 0.357. The van der Waals surface area contributed by atoms with E-state index in [9.17, 15) is 20.0 Å². The van der Waals surface area contributed by atoms with Crippen LogP contribution in [0.2, 0.25) is 0 Å². The number of carbonyl (C=O) groups is 1. The van der Waals surface area contributed by atoms with E-state index in [1.165, 1.54) is 11.0 Å². The van der Waals surface area contributed by atoms with Crippen molar-refractivity contribution >= 4 is 17.4 Å². The van der Waals surface area contributed by atoms with Crippen LogP contribution in [0.3, 0.4) is 0 Å². The molecular formula is C10H11N3O4. The molecule has 1 fully saturated rings. The SMILES string of the molecule is Cc1cc(N2CC(O)CC2=O)ncc1[N+](=O)[O-]. The zero-order valence-electron chi connectivity index (χ0n) is 9.16. The van der Waals surface area contributed by atoms with E-state index in [-0.39, 0.29) is 24.6 Å². The predicted molar refractivity (Wildman–Crippen MR) is 58.6 cm³/mol. The Kier molecular flexibility index (Phi) is 2.76. The van der Waals surface area contributed by atoms with Crippen LogP contribution in [0, 0.1) is 17.0 Å². The molecule has 2 rings (SSSR count). The molecule has 0 saturated carbocycles. The van der Waals surface area contributed by atoms with Crippen LogP contribution in [0.15, 0.2) is 12.3 Å². The zero-order chi connectivity index (χ0) is 12.6. The van der Waals surface area contributed by atoms with Crippen molar-refractivity contribution < 1.29 is 14.8 Å². The number of pyridine rings is 1. The number of nitrogens with zero attached hydrogens (tertiary/aromatic N) is 3. The summed E-state index contributed by atoms with van der Waals surface area (Å²) in [6.45, 7) is 1.77. The highest BCUT2D eigenvalue weighted by atomic mass is 16.6. The lowest BCUT2D eigenvalue weighted by Gasteiger charge is -2.14. The van der Waals surface area contributed by atoms with E-state index in [2.05, 4.69) is 4.98 Å². The van der Waals surface area contributed by atoms with Crippen molar-refractivity contribution in [3.05, 3.63) is 27.9 Å². The van der Waals surface area contributed by atoms with Crippen molar-refractivity contribution in [3.63, 3.8) is 0 Å². The van der Waals surface area contributed by atoms with Gasteiger partial charge in [-0.3, -0.25) is 19.8 Å². The third kappa shape index (κ3) is 2.09. The van der Waals surface area contributed by atoms with Gasteiger partial charge in [0.15, 0.2) is 0 Å². The molecule has 1 aliphatic rings. The standard InChI is InChI=1S/C10H11N3O4/c1-6-2-9(11-4-8(6)13(16)17)12-5-7(14)3-10(12)15/h2,4,7,14H,3,5H2,1H3. The molecule has 1 amide bonds. The first-order valence-corrected chi connectivity index (χ1v) is 5.08. The molecule has 1 saturated heterocycles. The highest BCUT2D eigenvalue weighted by Crippen LogP contribution is 2.24. The van der Waals surface area contributed by atoms with Gasteiger partial charge in [-0.15, -0.1) is 0 Å². The quantitative estimate of drug-likeness (QED) is 0.593. The van der Waals surface area contributed by atoms with Gasteiger partial charge in [-0.1, -0.05) is 0 Å². The molecule has 1 aliphatic heterocycles. The van der Waals surface area contributed by atoms with Gasteiger partial charge in [-0.05, 0) is 13.0 Å². The largest absolute Gasteiger partial charge is 0.391 e. The summed E-state index contributed by atoms with van der Waals surface area (Å²) in [4.78, 5) is 26.8. The van der Waals surface area contributed by atoms with E-state index < -0.39 is 11.0 Å². The third-order valence-corrected chi connectivity index (χ3v) is 2.65. The van der Waals surface area contributed by atoms with Gasteiger partial charge in [0.2, 0.25) is 5.91 Å². The van der Waals surface area contributed by atoms with Crippen LogP contribution in [0.1, 0.15) is 12.0 Å². The molecule has 90 valence electrons. The number of anilines is 1. The van der Waals surface area contributed by atoms with E-state index in [1.54, 1.807) is 6.92 Å². The maximum absolute atomic E-state index is 11.5. The number of aliphatic hydroxyl groups excluding tert-OH is 1. The number of amides is 1. The fourth-order valence-electron chi connectivity index (χ4n) is 1.78. The second-order valence-corrected chi connectivity index (χ2v) is 3.95. The minimum Gasteiger partial charge on any atom is -0.391 e. The van der Waals surface area contributed by atoms with Gasteiger partial charge in [-0.25, -0.2) is 4.98 Å². The van der Waals surface area contributed by atoms with E-state index >= 15 is 0 Å². The fraction of sp³-hybridized carbons (Fsp3) is 0.400. The molecule has 1 aromatic rings. The first-order valence-electron chi connectivity index (χ1n) is 5.08. The molecule has 0 aliphatic carbocycles. The summed E-state index contributed by atoms with van der Waals surface area (Å²) < 4.78 is 0. The van der Waals surface area contributed by atoms with Crippen LogP contribution in [0.5, 0.6) is 0 Å². The number of hydrogen-bond acceptors (Lipinski definition) is 5. The van der Waals surface area contributed by atoms with Crippen LogP contribution < -0.4 is 4.90 Å². The fourth-order valence-corrected chi connectivity index (χ4v) is 1.78. The van der Waals surface area contributed by atoms with E-state index in [1.807, 2.05) is 0 Å². The van der Waals surface area contributed by atoms with Crippen molar-refractivity contribution in [1.29, 1.82) is 0 Å². The summed E-state index contributed by atoms with van der Waals surface area (Å²) in [6.07, 6.45) is 0.500. The van der Waals surface area contributed by atoms with Gasteiger partial charge in [0.05, 0.1) is 24.0 Å². The van der Waals surface area contributed by atoms with Crippen molar-refractivity contribution in [2.24, 2.45) is 0 Å². The Hall–Kier alpha value is -2.02. The Morgan fingerprint density at radius 3 is 2.82 bits per heavy atom. The molecule has 7 heteroatoms. The average molecular weight is 237 g/mol. The van der Waals surface area contributed by atoms with Crippen molar-refractivity contribution in [2.45, 2.75) is 19.4 Å². The Morgan fingerprint density at radius 2 is 2.35 bits per heavy atom. The number of rotatable bonds is 2. The number of nitro groups is 1. The van der Waals surface area contributed by atoms with E-state index in [0.29, 0.717) is 11.4 Å². The number of β-amino-alcohol motifs (C(OH)–C–C–N with tert-alkyl or cyclic N) is 1. The monoisotopic (exact) mass is 237 g/mol. The maximum Gasteiger partial charge on any atom is 0.290 e. The minimum absolute atomic E-state index is 0.0672. The van der Waals surface area contributed by atoms with Crippen LogP contribution in [-0.2, 0) is 4.79 Å². The summed E-state index contributed by atoms with van der Waals surface area (Å²) in [5.74, 6) is 0.118. The van der Waals surface area contributed by atoms with Crippen LogP contribution >= 0.6 is 0 Å². The molecule has 2 heterocycles. The lowest BCUT2D eigenvalue weighted by atomic mass is 10.2. The summed E-state index contributed by atoms with van der Waals surface area (Å²) in [7, 11) is 0. The molecule has 1 unspecified atom stereocenters. The van der Waals surface area contributed by atoms with Crippen molar-refractivity contribution in [1.82, 2.24) is 4.98 Å². The van der Waals surface area contributed by atoms with Crippen LogP contribution in [0.4, 0.5) is 11.5 Å². The minimum atomic E-state index is -0.695. The maximum atomic E-state index is 11.5. The predicted octanol–water partition coefficient (Wildman–Crippen LogP) is 0.396. The molecule has 17 heavy (non-hydrogen) atoms. The Labute approximate surface area is 96.8 Å². The van der Waals surface area contributed by atoms with Gasteiger partial charge >= 0.3 is 0 Å². The number of aliphatic hydroxyl groups is 1. The van der Waals surface area contributed by atoms with Crippen LogP contribution in [-0.4, -0.2) is 33.6 Å². The van der Waals surface area contributed by atoms with Gasteiger partial charge in [-0.2, -0.15) is 0 Å². The average Bonchev–Trinajstić information content (AvgIpc) is 2.57. The van der Waals surface area contributed by atoms with Gasteiger partial charge < -0.3 is 5.11 Å². The first-order chi connectivity index (χ1) is 7.99. The lowest BCUT2D eigenvalue weighted by Crippen LogP contribution is -2.26. The lowest BCUT2D eigenvalue weighted by molar-refractivity contribution is -0.385. The summed E-state index contributed by atoms with van der Waals surface area (Å²) in [6, 6.07) is 1.48. The highest BCUT2D eigenvalue weighted by Gasteiger charge is 2.30. The first kappa shape index (κ1) is 11.5. The van der Waals surface area contributed by atoms with Gasteiger partial charge in [0.1, 0.15) is 12.0 Å². The molecule has 7 nitrogen and oxygen atoms in total. The van der Waals surface area contributed by atoms with Crippen molar-refractivity contribution in [2.75, 3.05) is 11.4 Å². The molecular weight excluding hydrogens is 226 g/mol. The second kappa shape index (κ2) is 4.10. The molecule has 0 bridgehead atoms. The number of hydrogen-bond donors (Lipinski definition) is 1. The Balaban J connectivity index is 2.32. The molecule has 0 aromatic carbocycles. The van der Waals surface area contributed by atoms with Gasteiger partial charge in [0.25, 0.3) is 5.69 Å². The summed E-state index contributed by atoms with van der Waals surface area (Å²) >= 11 is 0. The second-order valence-electron chi connectivity index (χ2n) is 3.95. The zero-order valence-corrected chi connectivity index (χ0v) is 9.16. The van der Waals surface area contributed by atoms with E-state index in [0.717, 1.165) is 6.20 Å². The van der Waals surface area contributed by atoms with Crippen LogP contribution in [0.25, 0.3) is 0 Å². The molecule has 0 radical (unpaired) electrons. The highest BCUT2D eigenvalue weighted by molar-refractivity contribution is 5.95. The molecule has 0 spiro atoms. The number of aryl methyl sites for hydroxylation is 1. The topological polar surface area (TPSA) is 96.6 Å². The number of aromatic nitrogens is 1. The molecule has 1 aromatic heterocycles. The van der Waals surface area contributed by atoms with E-state index in [4.69, 9.17) is 0 Å². The molecule has 1 N–H and O–H groups in total. The summed E-state index contributed by atoms with van der Waals surface area (Å²) in [5, 5.41) is 20.0. The van der Waals surface area contributed by atoms with Crippen molar-refractivity contribution in [3.8, 4) is 0 Å². The normalized spacial score (nSPS) is 19.8. The smallest absolute Gasteiger partial charge is 0.290 e. The third-order valence-electron chi connectivity index (χ3n) is 2.65.